The number of halogens is 1. The van der Waals surface area contributed by atoms with Crippen LogP contribution >= 0.6 is 11.8 Å². The maximum atomic E-state index is 14.4. The second kappa shape index (κ2) is 7.78. The molecule has 0 unspecified atom stereocenters. The van der Waals surface area contributed by atoms with Crippen molar-refractivity contribution >= 4 is 29.3 Å². The molecular formula is C26H23FN2O2S. The van der Waals surface area contributed by atoms with Crippen LogP contribution in [0.4, 0.5) is 10.1 Å². The Bertz CT molecular complexity index is 1210. The Morgan fingerprint density at radius 2 is 1.66 bits per heavy atom. The molecule has 5 rings (SSSR count). The minimum Gasteiger partial charge on any atom is -0.311 e. The van der Waals surface area contributed by atoms with Crippen molar-refractivity contribution < 1.29 is 14.0 Å². The van der Waals surface area contributed by atoms with Crippen LogP contribution in [0.1, 0.15) is 32.6 Å². The molecule has 0 radical (unpaired) electrons. The van der Waals surface area contributed by atoms with Crippen molar-refractivity contribution in [1.29, 1.82) is 0 Å². The first-order valence-corrected chi connectivity index (χ1v) is 11.6. The van der Waals surface area contributed by atoms with Gasteiger partial charge >= 0.3 is 0 Å². The minimum absolute atomic E-state index is 0.193. The van der Waals surface area contributed by atoms with Crippen molar-refractivity contribution in [3.8, 4) is 0 Å². The Labute approximate surface area is 191 Å². The van der Waals surface area contributed by atoms with Crippen molar-refractivity contribution in [2.75, 3.05) is 17.2 Å². The van der Waals surface area contributed by atoms with Crippen molar-refractivity contribution in [1.82, 2.24) is 4.90 Å². The number of carbonyl (C=O) groups is 2. The number of aryl methyl sites for hydroxylation is 2. The molecule has 1 atom stereocenters. The van der Waals surface area contributed by atoms with Crippen LogP contribution in [0.15, 0.2) is 66.7 Å². The Hall–Kier alpha value is -3.12. The number of amides is 2. The number of rotatable bonds is 3. The van der Waals surface area contributed by atoms with Gasteiger partial charge in [-0.1, -0.05) is 47.5 Å². The van der Waals surface area contributed by atoms with Gasteiger partial charge in [0, 0.05) is 23.4 Å². The van der Waals surface area contributed by atoms with E-state index in [2.05, 4.69) is 0 Å². The van der Waals surface area contributed by atoms with E-state index in [4.69, 9.17) is 0 Å². The third-order valence-electron chi connectivity index (χ3n) is 6.16. The molecule has 0 N–H and O–H groups in total. The Kier molecular flexibility index (Phi) is 5.05. The van der Waals surface area contributed by atoms with Gasteiger partial charge in [0.05, 0.1) is 12.2 Å². The Morgan fingerprint density at radius 1 is 1.00 bits per heavy atom. The van der Waals surface area contributed by atoms with Gasteiger partial charge in [-0.15, -0.1) is 11.8 Å². The summed E-state index contributed by atoms with van der Waals surface area (Å²) in [6, 6.07) is 19.8. The molecule has 0 aromatic heterocycles. The highest BCUT2D eigenvalue weighted by Crippen LogP contribution is 2.54. The van der Waals surface area contributed by atoms with E-state index in [0.29, 0.717) is 35.7 Å². The smallest absolute Gasteiger partial charge is 0.268 e. The number of hydrogen-bond acceptors (Lipinski definition) is 3. The highest BCUT2D eigenvalue weighted by Gasteiger charge is 2.59. The molecule has 0 bridgehead atoms. The zero-order valence-electron chi connectivity index (χ0n) is 18.0. The predicted octanol–water partition coefficient (Wildman–Crippen LogP) is 5.03. The molecule has 32 heavy (non-hydrogen) atoms. The Balaban J connectivity index is 1.58. The van der Waals surface area contributed by atoms with E-state index in [-0.39, 0.29) is 11.8 Å². The molecule has 0 aliphatic carbocycles. The number of benzene rings is 3. The van der Waals surface area contributed by atoms with Crippen LogP contribution in [-0.4, -0.2) is 29.0 Å². The fourth-order valence-electron chi connectivity index (χ4n) is 4.47. The third kappa shape index (κ3) is 3.21. The van der Waals surface area contributed by atoms with E-state index in [9.17, 15) is 14.0 Å². The SMILES string of the molecule is Cc1ccc(CN2C(=O)[C@]3(SCCN3C(=O)c3ccc(C)cc3)c3cc(F)ccc32)cc1. The molecule has 3 aromatic rings. The number of hydrogen-bond donors (Lipinski definition) is 0. The fraction of sp³-hybridized carbons (Fsp3) is 0.231. The van der Waals surface area contributed by atoms with Crippen LogP contribution in [0.3, 0.4) is 0 Å². The van der Waals surface area contributed by atoms with Gasteiger partial charge in [-0.25, -0.2) is 4.39 Å². The Morgan fingerprint density at radius 3 is 2.34 bits per heavy atom. The van der Waals surface area contributed by atoms with E-state index < -0.39 is 10.7 Å². The number of fused-ring (bicyclic) bond motifs is 2. The van der Waals surface area contributed by atoms with Gasteiger partial charge in [-0.3, -0.25) is 9.59 Å². The van der Waals surface area contributed by atoms with Crippen molar-refractivity contribution in [3.05, 3.63) is 100 Å². The van der Waals surface area contributed by atoms with Gasteiger partial charge in [-0.2, -0.15) is 0 Å². The van der Waals surface area contributed by atoms with Crippen LogP contribution in [-0.2, 0) is 16.2 Å². The zero-order valence-corrected chi connectivity index (χ0v) is 18.8. The predicted molar refractivity (Wildman–Crippen MR) is 125 cm³/mol. The lowest BCUT2D eigenvalue weighted by Gasteiger charge is -2.33. The highest BCUT2D eigenvalue weighted by atomic mass is 32.2. The van der Waals surface area contributed by atoms with E-state index in [1.165, 1.54) is 23.9 Å². The normalized spacial score (nSPS) is 19.7. The molecule has 162 valence electrons. The van der Waals surface area contributed by atoms with E-state index >= 15 is 0 Å². The lowest BCUT2D eigenvalue weighted by molar-refractivity contribution is -0.123. The molecule has 1 fully saturated rings. The number of thioether (sulfide) groups is 1. The number of carbonyl (C=O) groups excluding carboxylic acids is 2. The fourth-order valence-corrected chi connectivity index (χ4v) is 5.92. The highest BCUT2D eigenvalue weighted by molar-refractivity contribution is 8.01. The summed E-state index contributed by atoms with van der Waals surface area (Å²) in [5.41, 5.74) is 4.92. The number of nitrogens with zero attached hydrogens (tertiary/aromatic N) is 2. The quantitative estimate of drug-likeness (QED) is 0.567. The third-order valence-corrected chi connectivity index (χ3v) is 7.58. The van der Waals surface area contributed by atoms with Gasteiger partial charge in [0.15, 0.2) is 4.87 Å². The average molecular weight is 447 g/mol. The van der Waals surface area contributed by atoms with E-state index in [1.807, 2.05) is 50.2 Å². The number of anilines is 1. The summed E-state index contributed by atoms with van der Waals surface area (Å²) in [4.78, 5) is 29.5. The summed E-state index contributed by atoms with van der Waals surface area (Å²) in [6.45, 7) is 4.77. The summed E-state index contributed by atoms with van der Waals surface area (Å²) in [5, 5.41) is 0. The van der Waals surface area contributed by atoms with E-state index in [1.54, 1.807) is 28.0 Å². The van der Waals surface area contributed by atoms with Gasteiger partial charge < -0.3 is 9.80 Å². The maximum absolute atomic E-state index is 14.4. The second-order valence-electron chi connectivity index (χ2n) is 8.35. The summed E-state index contributed by atoms with van der Waals surface area (Å²) in [6.07, 6.45) is 0. The molecule has 0 saturated carbocycles. The average Bonchev–Trinajstić information content (AvgIpc) is 3.32. The maximum Gasteiger partial charge on any atom is 0.268 e. The molecule has 1 spiro atoms. The molecule has 4 nitrogen and oxygen atoms in total. The van der Waals surface area contributed by atoms with Crippen LogP contribution in [0.25, 0.3) is 0 Å². The largest absolute Gasteiger partial charge is 0.311 e. The van der Waals surface area contributed by atoms with E-state index in [0.717, 1.165) is 16.7 Å². The van der Waals surface area contributed by atoms with Gasteiger partial charge in [0.2, 0.25) is 0 Å². The minimum atomic E-state index is -1.25. The van der Waals surface area contributed by atoms with Gasteiger partial charge in [0.25, 0.3) is 11.8 Å². The molecule has 1 saturated heterocycles. The van der Waals surface area contributed by atoms with Crippen molar-refractivity contribution in [2.45, 2.75) is 25.3 Å². The first-order valence-electron chi connectivity index (χ1n) is 10.6. The van der Waals surface area contributed by atoms with Crippen molar-refractivity contribution in [2.24, 2.45) is 0 Å². The topological polar surface area (TPSA) is 40.6 Å². The first kappa shape index (κ1) is 20.8. The lowest BCUT2D eigenvalue weighted by atomic mass is 10.0. The van der Waals surface area contributed by atoms with Gasteiger partial charge in [0.1, 0.15) is 5.82 Å². The van der Waals surface area contributed by atoms with Crippen LogP contribution in [0.2, 0.25) is 0 Å². The van der Waals surface area contributed by atoms with Gasteiger partial charge in [-0.05, 0) is 49.7 Å². The molecule has 2 aliphatic heterocycles. The second-order valence-corrected chi connectivity index (χ2v) is 9.64. The molecule has 2 heterocycles. The summed E-state index contributed by atoms with van der Waals surface area (Å²) in [7, 11) is 0. The monoisotopic (exact) mass is 446 g/mol. The standard InChI is InChI=1S/C26H23FN2O2S/c1-17-3-7-19(8-4-17)16-28-23-12-11-21(27)15-22(23)26(25(28)31)29(13-14-32-26)24(30)20-9-5-18(2)6-10-20/h3-12,15H,13-14,16H2,1-2H3/t26-/m1/s1. The molecule has 6 heteroatoms. The van der Waals surface area contributed by atoms with Crippen LogP contribution in [0, 0.1) is 19.7 Å². The first-order chi connectivity index (χ1) is 15.4. The lowest BCUT2D eigenvalue weighted by Crippen LogP contribution is -2.50. The van der Waals surface area contributed by atoms with Crippen LogP contribution in [0.5, 0.6) is 0 Å². The van der Waals surface area contributed by atoms with Crippen molar-refractivity contribution in [3.63, 3.8) is 0 Å². The molecule has 3 aromatic carbocycles. The summed E-state index contributed by atoms with van der Waals surface area (Å²) in [5.74, 6) is -0.210. The molecular weight excluding hydrogens is 423 g/mol. The molecule has 2 amide bonds. The zero-order chi connectivity index (χ0) is 22.5. The molecule has 2 aliphatic rings. The van der Waals surface area contributed by atoms with Crippen LogP contribution < -0.4 is 4.90 Å². The summed E-state index contributed by atoms with van der Waals surface area (Å²) < 4.78 is 14.4. The summed E-state index contributed by atoms with van der Waals surface area (Å²) >= 11 is 1.41.